The van der Waals surface area contributed by atoms with Gasteiger partial charge in [-0.05, 0) is 44.7 Å². The van der Waals surface area contributed by atoms with Crippen molar-refractivity contribution >= 4 is 17.5 Å². The Morgan fingerprint density at radius 3 is 2.96 bits per heavy atom. The number of carbonyl (C=O) groups is 2. The monoisotopic (exact) mass is 318 g/mol. The molecule has 0 aromatic heterocycles. The highest BCUT2D eigenvalue weighted by Gasteiger charge is 2.26. The second-order valence-corrected chi connectivity index (χ2v) is 6.21. The third-order valence-corrected chi connectivity index (χ3v) is 3.93. The maximum atomic E-state index is 12.1. The van der Waals surface area contributed by atoms with E-state index in [2.05, 4.69) is 10.6 Å². The molecule has 1 atom stereocenters. The summed E-state index contributed by atoms with van der Waals surface area (Å²) in [6.07, 6.45) is 2.69. The SMILES string of the molecule is CC(C)OCCCNC(=O)CCC1Cc2ccccc2NC1=O. The Bertz CT molecular complexity index is 543. The van der Waals surface area contributed by atoms with E-state index < -0.39 is 0 Å². The van der Waals surface area contributed by atoms with Crippen molar-refractivity contribution in [3.05, 3.63) is 29.8 Å². The van der Waals surface area contributed by atoms with Crippen LogP contribution >= 0.6 is 0 Å². The van der Waals surface area contributed by atoms with E-state index in [4.69, 9.17) is 4.74 Å². The molecule has 1 aliphatic rings. The van der Waals surface area contributed by atoms with Crippen molar-refractivity contribution in [3.8, 4) is 0 Å². The average molecular weight is 318 g/mol. The van der Waals surface area contributed by atoms with Gasteiger partial charge in [0.1, 0.15) is 0 Å². The first-order valence-electron chi connectivity index (χ1n) is 8.33. The van der Waals surface area contributed by atoms with E-state index in [1.54, 1.807) is 0 Å². The number of fused-ring (bicyclic) bond motifs is 1. The van der Waals surface area contributed by atoms with Gasteiger partial charge < -0.3 is 15.4 Å². The van der Waals surface area contributed by atoms with Crippen molar-refractivity contribution in [2.45, 2.75) is 45.6 Å². The van der Waals surface area contributed by atoms with Crippen LogP contribution in [0.4, 0.5) is 5.69 Å². The van der Waals surface area contributed by atoms with Crippen LogP contribution in [0.2, 0.25) is 0 Å². The lowest BCUT2D eigenvalue weighted by Gasteiger charge is -2.24. The fourth-order valence-electron chi connectivity index (χ4n) is 2.66. The van der Waals surface area contributed by atoms with E-state index in [1.807, 2.05) is 38.1 Å². The molecule has 0 bridgehead atoms. The Morgan fingerprint density at radius 1 is 1.39 bits per heavy atom. The lowest BCUT2D eigenvalue weighted by Crippen LogP contribution is -2.32. The van der Waals surface area contributed by atoms with Gasteiger partial charge in [-0.3, -0.25) is 9.59 Å². The van der Waals surface area contributed by atoms with Crippen LogP contribution in [0.1, 0.15) is 38.7 Å². The molecule has 5 nitrogen and oxygen atoms in total. The molecular weight excluding hydrogens is 292 g/mol. The highest BCUT2D eigenvalue weighted by Crippen LogP contribution is 2.27. The Kier molecular flexibility index (Phi) is 6.59. The number of benzene rings is 1. The minimum atomic E-state index is -0.125. The van der Waals surface area contributed by atoms with Gasteiger partial charge in [-0.25, -0.2) is 0 Å². The molecule has 0 fully saturated rings. The molecule has 1 aliphatic heterocycles. The minimum absolute atomic E-state index is 0.00112. The molecule has 0 aliphatic carbocycles. The number of rotatable bonds is 8. The molecule has 1 aromatic carbocycles. The second-order valence-electron chi connectivity index (χ2n) is 6.21. The summed E-state index contributed by atoms with van der Waals surface area (Å²) in [6.45, 7) is 5.25. The predicted octanol–water partition coefficient (Wildman–Crippen LogP) is 2.51. The van der Waals surface area contributed by atoms with Crippen molar-refractivity contribution in [1.29, 1.82) is 0 Å². The summed E-state index contributed by atoms with van der Waals surface area (Å²) in [5, 5.41) is 5.80. The van der Waals surface area contributed by atoms with E-state index in [9.17, 15) is 9.59 Å². The molecule has 5 heteroatoms. The number of hydrogen-bond donors (Lipinski definition) is 2. The Hall–Kier alpha value is -1.88. The van der Waals surface area contributed by atoms with Gasteiger partial charge >= 0.3 is 0 Å². The van der Waals surface area contributed by atoms with E-state index in [0.29, 0.717) is 32.4 Å². The highest BCUT2D eigenvalue weighted by molar-refractivity contribution is 5.96. The third kappa shape index (κ3) is 5.67. The zero-order valence-corrected chi connectivity index (χ0v) is 13.9. The van der Waals surface area contributed by atoms with Gasteiger partial charge in [0.25, 0.3) is 0 Å². The molecular formula is C18H26N2O3. The van der Waals surface area contributed by atoms with Crippen LogP contribution in [-0.4, -0.2) is 31.1 Å². The van der Waals surface area contributed by atoms with Gasteiger partial charge in [-0.1, -0.05) is 18.2 Å². The third-order valence-electron chi connectivity index (χ3n) is 3.93. The predicted molar refractivity (Wildman–Crippen MR) is 90.2 cm³/mol. The molecule has 126 valence electrons. The number of anilines is 1. The van der Waals surface area contributed by atoms with Crippen LogP contribution in [0.25, 0.3) is 0 Å². The Labute approximate surface area is 137 Å². The number of para-hydroxylation sites is 1. The summed E-state index contributed by atoms with van der Waals surface area (Å²) in [5.41, 5.74) is 2.03. The molecule has 1 heterocycles. The van der Waals surface area contributed by atoms with Crippen LogP contribution in [0.15, 0.2) is 24.3 Å². The van der Waals surface area contributed by atoms with Crippen molar-refractivity contribution in [1.82, 2.24) is 5.32 Å². The van der Waals surface area contributed by atoms with E-state index in [1.165, 1.54) is 0 Å². The normalized spacial score (nSPS) is 16.8. The maximum Gasteiger partial charge on any atom is 0.227 e. The topological polar surface area (TPSA) is 67.4 Å². The summed E-state index contributed by atoms with van der Waals surface area (Å²) in [4.78, 5) is 23.9. The molecule has 1 unspecified atom stereocenters. The first kappa shape index (κ1) is 17.5. The van der Waals surface area contributed by atoms with E-state index >= 15 is 0 Å². The van der Waals surface area contributed by atoms with Crippen molar-refractivity contribution in [3.63, 3.8) is 0 Å². The van der Waals surface area contributed by atoms with Crippen LogP contribution in [0.5, 0.6) is 0 Å². The first-order chi connectivity index (χ1) is 11.1. The van der Waals surface area contributed by atoms with Gasteiger partial charge in [0, 0.05) is 31.2 Å². The summed E-state index contributed by atoms with van der Waals surface area (Å²) in [5.74, 6) is -0.108. The minimum Gasteiger partial charge on any atom is -0.379 e. The number of ether oxygens (including phenoxy) is 1. The van der Waals surface area contributed by atoms with Crippen LogP contribution in [0, 0.1) is 5.92 Å². The molecule has 0 saturated carbocycles. The molecule has 0 saturated heterocycles. The maximum absolute atomic E-state index is 12.1. The lowest BCUT2D eigenvalue weighted by atomic mass is 9.89. The molecule has 1 aromatic rings. The lowest BCUT2D eigenvalue weighted by molar-refractivity contribution is -0.122. The number of amides is 2. The number of carbonyl (C=O) groups excluding carboxylic acids is 2. The molecule has 2 amide bonds. The van der Waals surface area contributed by atoms with Crippen molar-refractivity contribution in [2.24, 2.45) is 5.92 Å². The summed E-state index contributed by atoms with van der Waals surface area (Å²) >= 11 is 0. The average Bonchev–Trinajstić information content (AvgIpc) is 2.52. The molecule has 2 N–H and O–H groups in total. The fourth-order valence-corrected chi connectivity index (χ4v) is 2.66. The van der Waals surface area contributed by atoms with Crippen molar-refractivity contribution in [2.75, 3.05) is 18.5 Å². The Morgan fingerprint density at radius 2 is 2.17 bits per heavy atom. The van der Waals surface area contributed by atoms with Gasteiger partial charge in [-0.15, -0.1) is 0 Å². The quantitative estimate of drug-likeness (QED) is 0.724. The second kappa shape index (κ2) is 8.67. The largest absolute Gasteiger partial charge is 0.379 e. The van der Waals surface area contributed by atoms with Crippen molar-refractivity contribution < 1.29 is 14.3 Å². The van der Waals surface area contributed by atoms with Crippen LogP contribution < -0.4 is 10.6 Å². The van der Waals surface area contributed by atoms with Gasteiger partial charge in [0.05, 0.1) is 6.10 Å². The molecule has 2 rings (SSSR count). The summed E-state index contributed by atoms with van der Waals surface area (Å²) < 4.78 is 5.42. The van der Waals surface area contributed by atoms with E-state index in [0.717, 1.165) is 17.7 Å². The van der Waals surface area contributed by atoms with Crippen LogP contribution in [-0.2, 0) is 20.7 Å². The fraction of sp³-hybridized carbons (Fsp3) is 0.556. The zero-order valence-electron chi connectivity index (χ0n) is 13.9. The summed E-state index contributed by atoms with van der Waals surface area (Å²) in [6, 6.07) is 7.82. The highest BCUT2D eigenvalue weighted by atomic mass is 16.5. The zero-order chi connectivity index (χ0) is 16.7. The number of nitrogens with one attached hydrogen (secondary N) is 2. The standard InChI is InChI=1S/C18H26N2O3/c1-13(2)23-11-5-10-19-17(21)9-8-15-12-14-6-3-4-7-16(14)20-18(15)22/h3-4,6-7,13,15H,5,8-12H2,1-2H3,(H,19,21)(H,20,22). The smallest absolute Gasteiger partial charge is 0.227 e. The summed E-state index contributed by atoms with van der Waals surface area (Å²) in [7, 11) is 0. The van der Waals surface area contributed by atoms with Gasteiger partial charge in [0.15, 0.2) is 0 Å². The number of hydrogen-bond acceptors (Lipinski definition) is 3. The molecule has 0 spiro atoms. The van der Waals surface area contributed by atoms with Crippen LogP contribution in [0.3, 0.4) is 0 Å². The van der Waals surface area contributed by atoms with E-state index in [-0.39, 0.29) is 23.8 Å². The van der Waals surface area contributed by atoms with Gasteiger partial charge in [-0.2, -0.15) is 0 Å². The Balaban J connectivity index is 1.67. The molecule has 0 radical (unpaired) electrons. The molecule has 23 heavy (non-hydrogen) atoms. The van der Waals surface area contributed by atoms with Gasteiger partial charge in [0.2, 0.25) is 11.8 Å². The first-order valence-corrected chi connectivity index (χ1v) is 8.33.